The number of anilines is 1. The number of aryl methyl sites for hydroxylation is 2. The zero-order chi connectivity index (χ0) is 16.6. The maximum atomic E-state index is 12.5. The second-order valence-corrected chi connectivity index (χ2v) is 5.93. The number of nitrogens with zero attached hydrogens (tertiary/aromatic N) is 2. The molecule has 118 valence electrons. The molecule has 5 nitrogen and oxygen atoms in total. The third-order valence-corrected chi connectivity index (χ3v) is 4.64. The van der Waals surface area contributed by atoms with Crippen molar-refractivity contribution in [3.05, 3.63) is 46.8 Å². The zero-order valence-corrected chi connectivity index (χ0v) is 13.3. The molecule has 1 aliphatic carbocycles. The third kappa shape index (κ3) is 2.57. The van der Waals surface area contributed by atoms with Gasteiger partial charge in [-0.2, -0.15) is 5.10 Å². The Balaban J connectivity index is 1.82. The number of nitrogen functional groups attached to an aromatic ring is 1. The molecule has 0 saturated carbocycles. The van der Waals surface area contributed by atoms with Crippen LogP contribution in [0.2, 0.25) is 0 Å². The zero-order valence-electron chi connectivity index (χ0n) is 13.3. The summed E-state index contributed by atoms with van der Waals surface area (Å²) < 4.78 is 1.60. The minimum atomic E-state index is -0.368. The molecule has 0 bridgehead atoms. The molecule has 3 N–H and O–H groups in total. The van der Waals surface area contributed by atoms with Crippen molar-refractivity contribution in [3.8, 4) is 12.3 Å². The number of carbonyl (C=O) groups excluding carboxylic acids is 1. The van der Waals surface area contributed by atoms with Gasteiger partial charge in [-0.1, -0.05) is 30.2 Å². The van der Waals surface area contributed by atoms with Crippen molar-refractivity contribution in [2.24, 2.45) is 7.05 Å². The third-order valence-electron chi connectivity index (χ3n) is 4.64. The molecule has 2 aromatic rings. The predicted molar refractivity (Wildman–Crippen MR) is 89.9 cm³/mol. The van der Waals surface area contributed by atoms with Gasteiger partial charge in [-0.3, -0.25) is 9.48 Å². The topological polar surface area (TPSA) is 72.9 Å². The van der Waals surface area contributed by atoms with Crippen molar-refractivity contribution in [3.63, 3.8) is 0 Å². The van der Waals surface area contributed by atoms with Crippen LogP contribution in [0, 0.1) is 19.3 Å². The molecule has 3 rings (SSSR count). The molecule has 1 aromatic heterocycles. The summed E-state index contributed by atoms with van der Waals surface area (Å²) >= 11 is 0. The normalized spacial score (nSPS) is 17.3. The second kappa shape index (κ2) is 5.81. The molecule has 2 atom stereocenters. The van der Waals surface area contributed by atoms with Crippen molar-refractivity contribution in [1.82, 2.24) is 15.1 Å². The Morgan fingerprint density at radius 1 is 1.52 bits per heavy atom. The number of fused-ring (bicyclic) bond motifs is 1. The molecule has 5 heteroatoms. The van der Waals surface area contributed by atoms with Gasteiger partial charge in [-0.25, -0.2) is 0 Å². The molecule has 1 heterocycles. The van der Waals surface area contributed by atoms with E-state index in [1.54, 1.807) is 11.7 Å². The summed E-state index contributed by atoms with van der Waals surface area (Å²) in [5.74, 6) is 2.53. The van der Waals surface area contributed by atoms with Crippen LogP contribution in [0.25, 0.3) is 0 Å². The van der Waals surface area contributed by atoms with Crippen LogP contribution >= 0.6 is 0 Å². The van der Waals surface area contributed by atoms with Crippen LogP contribution in [-0.4, -0.2) is 21.7 Å². The number of nitrogens with one attached hydrogen (secondary N) is 1. The Morgan fingerprint density at radius 2 is 2.26 bits per heavy atom. The fraction of sp³-hybridized carbons (Fsp3) is 0.333. The smallest absolute Gasteiger partial charge is 0.274 e. The number of nitrogens with two attached hydrogens (primary N) is 1. The summed E-state index contributed by atoms with van der Waals surface area (Å²) in [5, 5.41) is 7.10. The number of hydrogen-bond acceptors (Lipinski definition) is 3. The van der Waals surface area contributed by atoms with Gasteiger partial charge in [0.25, 0.3) is 5.91 Å². The molecule has 2 unspecified atom stereocenters. The molecular weight excluding hydrogens is 288 g/mol. The van der Waals surface area contributed by atoms with Gasteiger partial charge in [0.1, 0.15) is 0 Å². The largest absolute Gasteiger partial charge is 0.395 e. The van der Waals surface area contributed by atoms with E-state index < -0.39 is 0 Å². The van der Waals surface area contributed by atoms with E-state index in [1.165, 1.54) is 11.1 Å². The summed E-state index contributed by atoms with van der Waals surface area (Å²) in [7, 11) is 1.76. The van der Waals surface area contributed by atoms with E-state index in [1.807, 2.05) is 19.1 Å². The predicted octanol–water partition coefficient (Wildman–Crippen LogP) is 1.77. The number of carbonyl (C=O) groups is 1. The molecule has 0 aliphatic heterocycles. The number of terminal acetylenes is 1. The first-order valence-electron chi connectivity index (χ1n) is 7.66. The lowest BCUT2D eigenvalue weighted by molar-refractivity contribution is 0.0936. The van der Waals surface area contributed by atoms with E-state index in [0.29, 0.717) is 5.69 Å². The van der Waals surface area contributed by atoms with Crippen molar-refractivity contribution in [2.45, 2.75) is 31.7 Å². The van der Waals surface area contributed by atoms with Crippen LogP contribution in [0.3, 0.4) is 0 Å². The highest BCUT2D eigenvalue weighted by Gasteiger charge is 2.30. The molecule has 0 saturated heterocycles. The van der Waals surface area contributed by atoms with Crippen LogP contribution in [0.15, 0.2) is 24.3 Å². The van der Waals surface area contributed by atoms with Gasteiger partial charge >= 0.3 is 0 Å². The van der Waals surface area contributed by atoms with Gasteiger partial charge in [0.15, 0.2) is 5.69 Å². The van der Waals surface area contributed by atoms with E-state index >= 15 is 0 Å². The van der Waals surface area contributed by atoms with E-state index in [-0.39, 0.29) is 23.6 Å². The first-order chi connectivity index (χ1) is 11.0. The summed E-state index contributed by atoms with van der Waals surface area (Å²) in [6, 6.07) is 7.87. The van der Waals surface area contributed by atoms with Gasteiger partial charge in [0.05, 0.1) is 17.4 Å². The van der Waals surface area contributed by atoms with Crippen LogP contribution in [0.4, 0.5) is 5.69 Å². The molecule has 1 aliphatic rings. The van der Waals surface area contributed by atoms with E-state index in [2.05, 4.69) is 28.5 Å². The molecule has 1 amide bonds. The molecule has 23 heavy (non-hydrogen) atoms. The van der Waals surface area contributed by atoms with E-state index in [4.69, 9.17) is 12.2 Å². The number of rotatable bonds is 3. The van der Waals surface area contributed by atoms with Crippen LogP contribution in [0.1, 0.15) is 39.6 Å². The van der Waals surface area contributed by atoms with Gasteiger partial charge < -0.3 is 11.1 Å². The van der Waals surface area contributed by atoms with Gasteiger partial charge in [0.2, 0.25) is 0 Å². The highest BCUT2D eigenvalue weighted by Crippen LogP contribution is 2.35. The fourth-order valence-electron chi connectivity index (χ4n) is 3.20. The summed E-state index contributed by atoms with van der Waals surface area (Å²) in [5.41, 5.74) is 9.88. The maximum absolute atomic E-state index is 12.5. The van der Waals surface area contributed by atoms with Crippen molar-refractivity contribution >= 4 is 11.6 Å². The fourth-order valence-corrected chi connectivity index (χ4v) is 3.20. The maximum Gasteiger partial charge on any atom is 0.274 e. The van der Waals surface area contributed by atoms with Gasteiger partial charge in [0, 0.05) is 13.0 Å². The summed E-state index contributed by atoms with van der Waals surface area (Å²) in [4.78, 5) is 12.5. The Hall–Kier alpha value is -2.74. The minimum absolute atomic E-state index is 0.131. The highest BCUT2D eigenvalue weighted by molar-refractivity contribution is 5.98. The lowest BCUT2D eigenvalue weighted by Gasteiger charge is -2.20. The van der Waals surface area contributed by atoms with Gasteiger partial charge in [-0.05, 0) is 30.9 Å². The van der Waals surface area contributed by atoms with Crippen molar-refractivity contribution in [1.29, 1.82) is 0 Å². The van der Waals surface area contributed by atoms with Crippen LogP contribution in [-0.2, 0) is 13.5 Å². The molecular formula is C18H20N4O. The highest BCUT2D eigenvalue weighted by atomic mass is 16.2. The minimum Gasteiger partial charge on any atom is -0.395 e. The standard InChI is InChI=1S/C18H20N4O/c1-4-15(14-10-9-12-7-5-6-8-13(12)14)20-18(23)17-16(19)11(2)22(3)21-17/h1,5-8,14-15H,9-10,19H2,2-3H3,(H,20,23). The second-order valence-electron chi connectivity index (χ2n) is 5.93. The Bertz CT molecular complexity index is 800. The summed E-state index contributed by atoms with van der Waals surface area (Å²) in [6.07, 6.45) is 7.61. The van der Waals surface area contributed by atoms with E-state index in [9.17, 15) is 4.79 Å². The summed E-state index contributed by atoms with van der Waals surface area (Å²) in [6.45, 7) is 1.82. The Kier molecular flexibility index (Phi) is 3.83. The Morgan fingerprint density at radius 3 is 2.91 bits per heavy atom. The lowest BCUT2D eigenvalue weighted by Crippen LogP contribution is -2.38. The number of benzene rings is 1. The quantitative estimate of drug-likeness (QED) is 0.849. The monoisotopic (exact) mass is 308 g/mol. The molecule has 1 aromatic carbocycles. The van der Waals surface area contributed by atoms with E-state index in [0.717, 1.165) is 18.5 Å². The molecule has 0 radical (unpaired) electrons. The average Bonchev–Trinajstić information content (AvgIpc) is 3.09. The van der Waals surface area contributed by atoms with Crippen molar-refractivity contribution < 1.29 is 4.79 Å². The number of hydrogen-bond donors (Lipinski definition) is 2. The van der Waals surface area contributed by atoms with Crippen LogP contribution < -0.4 is 11.1 Å². The SMILES string of the molecule is C#CC(NC(=O)c1nn(C)c(C)c1N)C1CCc2ccccc21. The number of aromatic nitrogens is 2. The van der Waals surface area contributed by atoms with Crippen molar-refractivity contribution in [2.75, 3.05) is 5.73 Å². The average molecular weight is 308 g/mol. The lowest BCUT2D eigenvalue weighted by atomic mass is 9.93. The van der Waals surface area contributed by atoms with Gasteiger partial charge in [-0.15, -0.1) is 6.42 Å². The van der Waals surface area contributed by atoms with Crippen LogP contribution in [0.5, 0.6) is 0 Å². The molecule has 0 fully saturated rings. The first-order valence-corrected chi connectivity index (χ1v) is 7.66. The first kappa shape index (κ1) is 15.2. The number of amides is 1. The Labute approximate surface area is 135 Å². The molecule has 0 spiro atoms.